The van der Waals surface area contributed by atoms with Crippen LogP contribution in [0.1, 0.15) is 16.1 Å². The molecule has 0 saturated carbocycles. The minimum Gasteiger partial charge on any atom is -0.491 e. The van der Waals surface area contributed by atoms with Gasteiger partial charge in [0.2, 0.25) is 0 Å². The van der Waals surface area contributed by atoms with Gasteiger partial charge in [0.25, 0.3) is 17.7 Å². The van der Waals surface area contributed by atoms with E-state index in [4.69, 9.17) is 19.5 Å². The minimum atomic E-state index is -1.67. The highest BCUT2D eigenvalue weighted by atomic mass is 16.5. The topological polar surface area (TPSA) is 163 Å². The van der Waals surface area contributed by atoms with E-state index in [1.54, 1.807) is 36.4 Å². The van der Waals surface area contributed by atoms with Crippen LogP contribution in [0.5, 0.6) is 5.75 Å². The first kappa shape index (κ1) is 23.4. The van der Waals surface area contributed by atoms with Crippen LogP contribution in [0.25, 0.3) is 11.1 Å². The van der Waals surface area contributed by atoms with Gasteiger partial charge in [-0.15, -0.1) is 0 Å². The molecule has 0 aliphatic rings. The Balaban J connectivity index is 1.64. The molecule has 0 aliphatic heterocycles. The van der Waals surface area contributed by atoms with Crippen molar-refractivity contribution in [3.8, 4) is 16.9 Å². The maximum Gasteiger partial charge on any atom is 0.275 e. The first-order chi connectivity index (χ1) is 16.0. The molecule has 0 saturated heterocycles. The molecule has 0 aliphatic carbocycles. The Labute approximate surface area is 188 Å². The summed E-state index contributed by atoms with van der Waals surface area (Å²) in [5, 5.41) is 22.5. The third-order valence-electron chi connectivity index (χ3n) is 4.53. The van der Waals surface area contributed by atoms with Crippen molar-refractivity contribution in [3.05, 3.63) is 72.4 Å². The molecule has 3 aromatic rings. The zero-order chi connectivity index (χ0) is 23.6. The summed E-state index contributed by atoms with van der Waals surface area (Å²) >= 11 is 0. The number of nitrogens with one attached hydrogen (secondary N) is 3. The van der Waals surface area contributed by atoms with Gasteiger partial charge in [-0.3, -0.25) is 19.6 Å². The Morgan fingerprint density at radius 1 is 1.00 bits per heavy atom. The van der Waals surface area contributed by atoms with Gasteiger partial charge in [0.15, 0.2) is 12.4 Å². The summed E-state index contributed by atoms with van der Waals surface area (Å²) in [5.74, 6) is -1.99. The predicted molar refractivity (Wildman–Crippen MR) is 114 cm³/mol. The molecule has 3 amide bonds. The molecule has 1 aromatic heterocycles. The Hall–Kier alpha value is -4.22. The number of carbonyl (C=O) groups excluding carboxylic acids is 3. The quantitative estimate of drug-likeness (QED) is 0.169. The molecule has 1 atom stereocenters. The number of hydroxylamine groups is 1. The van der Waals surface area contributed by atoms with E-state index in [2.05, 4.69) is 15.6 Å². The molecule has 33 heavy (non-hydrogen) atoms. The average molecular weight is 454 g/mol. The van der Waals surface area contributed by atoms with Crippen LogP contribution in [0, 0.1) is 0 Å². The van der Waals surface area contributed by atoms with Crippen LogP contribution < -0.4 is 20.9 Å². The Morgan fingerprint density at radius 2 is 1.67 bits per heavy atom. The molecule has 0 radical (unpaired) electrons. The lowest BCUT2D eigenvalue weighted by Gasteiger charge is -2.16. The lowest BCUT2D eigenvalue weighted by atomic mass is 10.0. The summed E-state index contributed by atoms with van der Waals surface area (Å²) in [6.45, 7) is 0.102. The number of benzene rings is 2. The number of aliphatic hydroxyl groups is 1. The van der Waals surface area contributed by atoms with Crippen molar-refractivity contribution in [1.82, 2.24) is 21.1 Å². The third-order valence-corrected chi connectivity index (χ3v) is 4.53. The van der Waals surface area contributed by atoms with Crippen molar-refractivity contribution < 1.29 is 33.9 Å². The molecule has 3 rings (SSSR count). The fourth-order valence-corrected chi connectivity index (χ4v) is 2.85. The number of nitrogens with zero attached hydrogens (tertiary/aromatic N) is 1. The molecular formula is C22H22N4O7. The Morgan fingerprint density at radius 3 is 2.24 bits per heavy atom. The summed E-state index contributed by atoms with van der Waals surface area (Å²) in [4.78, 5) is 40.7. The van der Waals surface area contributed by atoms with Crippen molar-refractivity contribution >= 4 is 17.7 Å². The van der Waals surface area contributed by atoms with Gasteiger partial charge in [-0.25, -0.2) is 10.5 Å². The highest BCUT2D eigenvalue weighted by molar-refractivity contribution is 6.08. The van der Waals surface area contributed by atoms with Gasteiger partial charge in [0.05, 0.1) is 18.8 Å². The zero-order valence-corrected chi connectivity index (χ0v) is 17.4. The number of hydrogen-bond donors (Lipinski definition) is 5. The molecular weight excluding hydrogens is 432 g/mol. The normalized spacial score (nSPS) is 11.3. The van der Waals surface area contributed by atoms with Gasteiger partial charge in [-0.05, 0) is 35.4 Å². The summed E-state index contributed by atoms with van der Waals surface area (Å²) in [6, 6.07) is 12.0. The van der Waals surface area contributed by atoms with E-state index in [1.807, 2.05) is 12.1 Å². The van der Waals surface area contributed by atoms with Gasteiger partial charge in [-0.2, -0.15) is 0 Å². The van der Waals surface area contributed by atoms with Gasteiger partial charge in [-0.1, -0.05) is 24.3 Å². The number of aliphatic hydroxyl groups excluding tert-OH is 1. The highest BCUT2D eigenvalue weighted by Gasteiger charge is 2.28. The van der Waals surface area contributed by atoms with Crippen LogP contribution >= 0.6 is 0 Å². The molecule has 0 spiro atoms. The average Bonchev–Trinajstić information content (AvgIpc) is 3.38. The van der Waals surface area contributed by atoms with Crippen LogP contribution in [0.3, 0.4) is 0 Å². The monoisotopic (exact) mass is 454 g/mol. The van der Waals surface area contributed by atoms with Crippen molar-refractivity contribution in [2.75, 3.05) is 13.2 Å². The van der Waals surface area contributed by atoms with E-state index in [0.717, 1.165) is 11.1 Å². The standard InChI is InChI=1S/C22H22N4O7/c27-9-10-33-18-7-5-15(6-8-18)14-1-3-16(4-2-14)20(28)25-19(22(30)26-31)21(29)23-11-17-12-32-13-24-17/h1-8,12-13,19,27,31H,9-11H2,(H,23,29)(H,25,28)(H,26,30). The Bertz CT molecular complexity index is 1070. The lowest BCUT2D eigenvalue weighted by molar-refractivity contribution is -0.137. The second-order valence-corrected chi connectivity index (χ2v) is 6.75. The Kier molecular flexibility index (Phi) is 8.11. The van der Waals surface area contributed by atoms with Crippen molar-refractivity contribution in [2.24, 2.45) is 0 Å². The summed E-state index contributed by atoms with van der Waals surface area (Å²) in [7, 11) is 0. The van der Waals surface area contributed by atoms with E-state index < -0.39 is 23.8 Å². The smallest absolute Gasteiger partial charge is 0.275 e. The van der Waals surface area contributed by atoms with Crippen molar-refractivity contribution in [2.45, 2.75) is 12.6 Å². The van der Waals surface area contributed by atoms with Gasteiger partial charge < -0.3 is 24.9 Å². The van der Waals surface area contributed by atoms with E-state index in [0.29, 0.717) is 11.4 Å². The number of hydrogen-bond acceptors (Lipinski definition) is 8. The lowest BCUT2D eigenvalue weighted by Crippen LogP contribution is -2.54. The number of carbonyl (C=O) groups is 3. The van der Waals surface area contributed by atoms with E-state index in [1.165, 1.54) is 18.1 Å². The number of ether oxygens (including phenoxy) is 1. The molecule has 172 valence electrons. The van der Waals surface area contributed by atoms with Crippen LogP contribution in [0.4, 0.5) is 0 Å². The maximum absolute atomic E-state index is 12.6. The SMILES string of the molecule is O=C(NC(C(=O)NO)C(=O)NCc1cocn1)c1ccc(-c2ccc(OCCO)cc2)cc1. The summed E-state index contributed by atoms with van der Waals surface area (Å²) < 4.78 is 10.1. The first-order valence-corrected chi connectivity index (χ1v) is 9.85. The van der Waals surface area contributed by atoms with Gasteiger partial charge >= 0.3 is 0 Å². The number of oxazole rings is 1. The molecule has 11 nitrogen and oxygen atoms in total. The zero-order valence-electron chi connectivity index (χ0n) is 17.4. The van der Waals surface area contributed by atoms with Crippen LogP contribution in [-0.4, -0.2) is 52.3 Å². The predicted octanol–water partition coefficient (Wildman–Crippen LogP) is 0.633. The number of amides is 3. The second-order valence-electron chi connectivity index (χ2n) is 6.75. The molecule has 0 fully saturated rings. The maximum atomic E-state index is 12.6. The van der Waals surface area contributed by atoms with Gasteiger partial charge in [0.1, 0.15) is 18.6 Å². The van der Waals surface area contributed by atoms with E-state index in [-0.39, 0.29) is 25.3 Å². The fourth-order valence-electron chi connectivity index (χ4n) is 2.85. The molecule has 2 aromatic carbocycles. The number of rotatable bonds is 10. The second kappa shape index (κ2) is 11.4. The van der Waals surface area contributed by atoms with Crippen LogP contribution in [0.15, 0.2) is 65.6 Å². The van der Waals surface area contributed by atoms with Gasteiger partial charge in [0, 0.05) is 5.56 Å². The van der Waals surface area contributed by atoms with Crippen molar-refractivity contribution in [1.29, 1.82) is 0 Å². The summed E-state index contributed by atoms with van der Waals surface area (Å²) in [6.07, 6.45) is 2.50. The third kappa shape index (κ3) is 6.38. The van der Waals surface area contributed by atoms with E-state index >= 15 is 0 Å². The summed E-state index contributed by atoms with van der Waals surface area (Å²) in [5.41, 5.74) is 3.71. The molecule has 11 heteroatoms. The van der Waals surface area contributed by atoms with Crippen LogP contribution in [-0.2, 0) is 16.1 Å². The fraction of sp³-hybridized carbons (Fsp3) is 0.182. The minimum absolute atomic E-state index is 0.0288. The molecule has 5 N–H and O–H groups in total. The molecule has 1 unspecified atom stereocenters. The largest absolute Gasteiger partial charge is 0.491 e. The molecule has 0 bridgehead atoms. The van der Waals surface area contributed by atoms with Crippen LogP contribution in [0.2, 0.25) is 0 Å². The first-order valence-electron chi connectivity index (χ1n) is 9.85. The molecule has 1 heterocycles. The van der Waals surface area contributed by atoms with E-state index in [9.17, 15) is 14.4 Å². The number of aromatic nitrogens is 1. The highest BCUT2D eigenvalue weighted by Crippen LogP contribution is 2.23. The van der Waals surface area contributed by atoms with Crippen molar-refractivity contribution in [3.63, 3.8) is 0 Å².